The fourth-order valence-corrected chi connectivity index (χ4v) is 2.71. The second kappa shape index (κ2) is 7.87. The van der Waals surface area contributed by atoms with Crippen molar-refractivity contribution in [2.45, 2.75) is 19.8 Å². The second-order valence-corrected chi connectivity index (χ2v) is 5.63. The molecule has 2 rings (SSSR count). The van der Waals surface area contributed by atoms with Crippen LogP contribution in [0, 0.1) is 11.6 Å². The van der Waals surface area contributed by atoms with Crippen LogP contribution in [0.4, 0.5) is 19.3 Å². The Labute approximate surface area is 136 Å². The van der Waals surface area contributed by atoms with Crippen LogP contribution >= 0.6 is 11.3 Å². The minimum absolute atomic E-state index is 0.0141. The standard InChI is InChI=1S/C15H17F2N3O2S/c1-3-13-19-9(8-23-13)4-5-18-15(21)20-10-6-11(16)14(22-2)12(17)7-10/h6-8H,3-5H2,1-2H3,(H2,18,20,21). The van der Waals surface area contributed by atoms with Crippen LogP contribution in [0.2, 0.25) is 0 Å². The topological polar surface area (TPSA) is 63.2 Å². The monoisotopic (exact) mass is 341 g/mol. The van der Waals surface area contributed by atoms with Crippen molar-refractivity contribution in [1.82, 2.24) is 10.3 Å². The van der Waals surface area contributed by atoms with E-state index in [4.69, 9.17) is 0 Å². The highest BCUT2D eigenvalue weighted by molar-refractivity contribution is 7.09. The van der Waals surface area contributed by atoms with Crippen LogP contribution in [-0.2, 0) is 12.8 Å². The lowest BCUT2D eigenvalue weighted by molar-refractivity contribution is 0.252. The van der Waals surface area contributed by atoms with Gasteiger partial charge in [0.2, 0.25) is 0 Å². The lowest BCUT2D eigenvalue weighted by atomic mass is 10.2. The van der Waals surface area contributed by atoms with Gasteiger partial charge in [0.05, 0.1) is 17.8 Å². The summed E-state index contributed by atoms with van der Waals surface area (Å²) in [5.74, 6) is -2.24. The predicted octanol–water partition coefficient (Wildman–Crippen LogP) is 3.36. The highest BCUT2D eigenvalue weighted by Crippen LogP contribution is 2.25. The number of halogens is 2. The van der Waals surface area contributed by atoms with E-state index >= 15 is 0 Å². The molecular formula is C15H17F2N3O2S. The maximum absolute atomic E-state index is 13.5. The molecule has 2 aromatic rings. The molecule has 8 heteroatoms. The molecule has 5 nitrogen and oxygen atoms in total. The van der Waals surface area contributed by atoms with Gasteiger partial charge in [-0.25, -0.2) is 18.6 Å². The summed E-state index contributed by atoms with van der Waals surface area (Å²) in [5, 5.41) is 7.99. The third kappa shape index (κ3) is 4.62. The number of methoxy groups -OCH3 is 1. The van der Waals surface area contributed by atoms with Gasteiger partial charge in [0.1, 0.15) is 0 Å². The first kappa shape index (κ1) is 17.1. The quantitative estimate of drug-likeness (QED) is 0.847. The molecule has 1 aromatic heterocycles. The highest BCUT2D eigenvalue weighted by atomic mass is 32.1. The zero-order valence-corrected chi connectivity index (χ0v) is 13.6. The molecule has 1 heterocycles. The van der Waals surface area contributed by atoms with Crippen molar-refractivity contribution in [3.05, 3.63) is 39.8 Å². The SMILES string of the molecule is CCc1nc(CCNC(=O)Nc2cc(F)c(OC)c(F)c2)cs1. The molecule has 0 atom stereocenters. The van der Waals surface area contributed by atoms with E-state index in [9.17, 15) is 13.6 Å². The number of rotatable bonds is 6. The Hall–Kier alpha value is -2.22. The Morgan fingerprint density at radius 2 is 2.04 bits per heavy atom. The number of benzene rings is 1. The number of ether oxygens (including phenoxy) is 1. The number of hydrogen-bond acceptors (Lipinski definition) is 4. The van der Waals surface area contributed by atoms with Gasteiger partial charge < -0.3 is 15.4 Å². The van der Waals surface area contributed by atoms with Crippen molar-refractivity contribution in [2.75, 3.05) is 19.0 Å². The molecule has 1 aromatic carbocycles. The number of anilines is 1. The Kier molecular flexibility index (Phi) is 5.86. The Morgan fingerprint density at radius 1 is 1.35 bits per heavy atom. The van der Waals surface area contributed by atoms with Crippen LogP contribution < -0.4 is 15.4 Å². The number of amides is 2. The van der Waals surface area contributed by atoms with Crippen molar-refractivity contribution in [2.24, 2.45) is 0 Å². The number of nitrogens with one attached hydrogen (secondary N) is 2. The average molecular weight is 341 g/mol. The van der Waals surface area contributed by atoms with Gasteiger partial charge in [0, 0.05) is 36.2 Å². The number of aryl methyl sites for hydroxylation is 1. The lowest BCUT2D eigenvalue weighted by Crippen LogP contribution is -2.30. The summed E-state index contributed by atoms with van der Waals surface area (Å²) in [6.45, 7) is 2.40. The largest absolute Gasteiger partial charge is 0.491 e. The average Bonchev–Trinajstić information content (AvgIpc) is 2.95. The van der Waals surface area contributed by atoms with Gasteiger partial charge in [-0.2, -0.15) is 0 Å². The van der Waals surface area contributed by atoms with E-state index in [-0.39, 0.29) is 5.69 Å². The zero-order valence-electron chi connectivity index (χ0n) is 12.8. The summed E-state index contributed by atoms with van der Waals surface area (Å²) in [6.07, 6.45) is 1.47. The van der Waals surface area contributed by atoms with Crippen LogP contribution in [0.25, 0.3) is 0 Å². The molecule has 0 radical (unpaired) electrons. The summed E-state index contributed by atoms with van der Waals surface area (Å²) in [4.78, 5) is 16.1. The van der Waals surface area contributed by atoms with E-state index in [1.807, 2.05) is 12.3 Å². The van der Waals surface area contributed by atoms with Gasteiger partial charge in [-0.3, -0.25) is 0 Å². The van der Waals surface area contributed by atoms with Crippen molar-refractivity contribution in [3.63, 3.8) is 0 Å². The van der Waals surface area contributed by atoms with Gasteiger partial charge in [-0.05, 0) is 6.42 Å². The van der Waals surface area contributed by atoms with Crippen LogP contribution in [0.3, 0.4) is 0 Å². The van der Waals surface area contributed by atoms with Crippen molar-refractivity contribution in [1.29, 1.82) is 0 Å². The Balaban J connectivity index is 1.85. The van der Waals surface area contributed by atoms with Crippen LogP contribution in [-0.4, -0.2) is 24.7 Å². The molecule has 23 heavy (non-hydrogen) atoms. The minimum atomic E-state index is -0.877. The molecule has 0 aliphatic rings. The van der Waals surface area contributed by atoms with E-state index in [0.717, 1.165) is 29.3 Å². The molecule has 0 aliphatic heterocycles. The molecule has 0 saturated carbocycles. The third-order valence-corrected chi connectivity index (χ3v) is 4.07. The molecule has 0 spiro atoms. The van der Waals surface area contributed by atoms with E-state index in [0.29, 0.717) is 13.0 Å². The number of carbonyl (C=O) groups is 1. The highest BCUT2D eigenvalue weighted by Gasteiger charge is 2.12. The van der Waals surface area contributed by atoms with Crippen molar-refractivity contribution < 1.29 is 18.3 Å². The number of carbonyl (C=O) groups excluding carboxylic acids is 1. The molecule has 2 amide bonds. The first-order valence-corrected chi connectivity index (χ1v) is 7.92. The molecular weight excluding hydrogens is 324 g/mol. The lowest BCUT2D eigenvalue weighted by Gasteiger charge is -2.09. The summed E-state index contributed by atoms with van der Waals surface area (Å²) in [5.41, 5.74) is 0.925. The Morgan fingerprint density at radius 3 is 2.61 bits per heavy atom. The normalized spacial score (nSPS) is 10.4. The molecule has 0 bridgehead atoms. The van der Waals surface area contributed by atoms with Gasteiger partial charge in [-0.1, -0.05) is 6.92 Å². The first-order chi connectivity index (χ1) is 11.0. The molecule has 124 valence electrons. The zero-order chi connectivity index (χ0) is 16.8. The number of hydrogen-bond donors (Lipinski definition) is 2. The minimum Gasteiger partial charge on any atom is -0.491 e. The van der Waals surface area contributed by atoms with Crippen molar-refractivity contribution >= 4 is 23.1 Å². The molecule has 0 aliphatic carbocycles. The summed E-state index contributed by atoms with van der Waals surface area (Å²) < 4.78 is 31.6. The number of thiazole rings is 1. The number of aromatic nitrogens is 1. The number of nitrogens with zero attached hydrogens (tertiary/aromatic N) is 1. The van der Waals surface area contributed by atoms with Crippen LogP contribution in [0.1, 0.15) is 17.6 Å². The van der Waals surface area contributed by atoms with Gasteiger partial charge in [-0.15, -0.1) is 11.3 Å². The Bertz CT molecular complexity index is 668. The van der Waals surface area contributed by atoms with Gasteiger partial charge in [0.15, 0.2) is 17.4 Å². The summed E-state index contributed by atoms with van der Waals surface area (Å²) in [7, 11) is 1.17. The van der Waals surface area contributed by atoms with E-state index in [2.05, 4.69) is 20.4 Å². The molecule has 0 saturated heterocycles. The molecule has 2 N–H and O–H groups in total. The fourth-order valence-electron chi connectivity index (χ4n) is 1.93. The molecule has 0 unspecified atom stereocenters. The van der Waals surface area contributed by atoms with Crippen LogP contribution in [0.5, 0.6) is 5.75 Å². The van der Waals surface area contributed by atoms with E-state index in [1.54, 1.807) is 11.3 Å². The summed E-state index contributed by atoms with van der Waals surface area (Å²) >= 11 is 1.58. The summed E-state index contributed by atoms with van der Waals surface area (Å²) in [6, 6.07) is 1.45. The van der Waals surface area contributed by atoms with Crippen LogP contribution in [0.15, 0.2) is 17.5 Å². The predicted molar refractivity (Wildman–Crippen MR) is 85.1 cm³/mol. The van der Waals surface area contributed by atoms with E-state index in [1.165, 1.54) is 7.11 Å². The van der Waals surface area contributed by atoms with Gasteiger partial charge >= 0.3 is 6.03 Å². The fraction of sp³-hybridized carbons (Fsp3) is 0.333. The second-order valence-electron chi connectivity index (χ2n) is 4.69. The third-order valence-electron chi connectivity index (χ3n) is 3.03. The maximum atomic E-state index is 13.5. The van der Waals surface area contributed by atoms with Gasteiger partial charge in [0.25, 0.3) is 0 Å². The first-order valence-electron chi connectivity index (χ1n) is 7.04. The molecule has 0 fully saturated rings. The smallest absolute Gasteiger partial charge is 0.319 e. The maximum Gasteiger partial charge on any atom is 0.319 e. The van der Waals surface area contributed by atoms with E-state index < -0.39 is 23.4 Å². The number of urea groups is 1. The van der Waals surface area contributed by atoms with Crippen molar-refractivity contribution in [3.8, 4) is 5.75 Å².